The highest BCUT2D eigenvalue weighted by Gasteiger charge is 2.30. The van der Waals surface area contributed by atoms with E-state index in [1.165, 1.54) is 0 Å². The maximum Gasteiger partial charge on any atom is 0.204 e. The van der Waals surface area contributed by atoms with E-state index in [0.717, 1.165) is 30.0 Å². The van der Waals surface area contributed by atoms with E-state index < -0.39 is 0 Å². The number of rotatable bonds is 3. The van der Waals surface area contributed by atoms with Crippen LogP contribution in [0.25, 0.3) is 17.3 Å². The molecule has 0 aliphatic heterocycles. The van der Waals surface area contributed by atoms with Gasteiger partial charge in [0.1, 0.15) is 0 Å². The van der Waals surface area contributed by atoms with E-state index in [1.54, 1.807) is 18.5 Å². The fraction of sp³-hybridized carbons (Fsp3) is 0.286. The van der Waals surface area contributed by atoms with Crippen LogP contribution < -0.4 is 0 Å². The predicted octanol–water partition coefficient (Wildman–Crippen LogP) is 2.50. The Hall–Kier alpha value is -2.50. The number of hydrogen-bond acceptors (Lipinski definition) is 5. The summed E-state index contributed by atoms with van der Waals surface area (Å²) >= 11 is 0. The average Bonchev–Trinajstić information content (AvgIpc) is 3.01. The molecule has 0 saturated heterocycles. The average molecular weight is 267 g/mol. The van der Waals surface area contributed by atoms with Crippen LogP contribution in [0.2, 0.25) is 0 Å². The third-order valence-corrected chi connectivity index (χ3v) is 3.35. The van der Waals surface area contributed by atoms with Crippen molar-refractivity contribution in [2.45, 2.75) is 25.7 Å². The quantitative estimate of drug-likeness (QED) is 0.729. The lowest BCUT2D eigenvalue weighted by atomic mass is 10.3. The van der Waals surface area contributed by atoms with Crippen molar-refractivity contribution >= 4 is 0 Å². The molecule has 6 heteroatoms. The third-order valence-electron chi connectivity index (χ3n) is 3.35. The van der Waals surface area contributed by atoms with Crippen molar-refractivity contribution in [3.05, 3.63) is 42.1 Å². The van der Waals surface area contributed by atoms with Crippen molar-refractivity contribution in [2.75, 3.05) is 0 Å². The molecule has 3 aromatic rings. The molecule has 0 atom stereocenters. The molecule has 1 fully saturated rings. The standard InChI is InChI=1S/C14H13N5O/c1-9-8-11(4-6-15-9)19-14(12-5-7-16-20-12)17-13(18-19)10-2-3-10/h4-8,10H,2-3H2,1H3. The molecule has 1 aliphatic rings. The molecule has 3 aromatic heterocycles. The van der Waals surface area contributed by atoms with E-state index in [0.29, 0.717) is 17.5 Å². The minimum atomic E-state index is 0.487. The summed E-state index contributed by atoms with van der Waals surface area (Å²) in [5.41, 5.74) is 1.87. The third kappa shape index (κ3) is 1.89. The first kappa shape index (κ1) is 11.3. The summed E-state index contributed by atoms with van der Waals surface area (Å²) < 4.78 is 7.04. The zero-order chi connectivity index (χ0) is 13.5. The van der Waals surface area contributed by atoms with Crippen molar-refractivity contribution < 1.29 is 4.52 Å². The summed E-state index contributed by atoms with van der Waals surface area (Å²) in [6, 6.07) is 5.69. The number of nitrogens with zero attached hydrogens (tertiary/aromatic N) is 5. The summed E-state index contributed by atoms with van der Waals surface area (Å²) in [6.07, 6.45) is 5.71. The normalized spacial score (nSPS) is 14.7. The smallest absolute Gasteiger partial charge is 0.204 e. The van der Waals surface area contributed by atoms with Gasteiger partial charge in [-0.15, -0.1) is 0 Å². The van der Waals surface area contributed by atoms with Crippen LogP contribution >= 0.6 is 0 Å². The fourth-order valence-corrected chi connectivity index (χ4v) is 2.18. The van der Waals surface area contributed by atoms with E-state index in [-0.39, 0.29) is 0 Å². The number of hydrogen-bond donors (Lipinski definition) is 0. The van der Waals surface area contributed by atoms with Crippen molar-refractivity contribution in [3.8, 4) is 17.3 Å². The molecule has 0 bridgehead atoms. The molecule has 0 radical (unpaired) electrons. The summed E-state index contributed by atoms with van der Waals surface area (Å²) in [4.78, 5) is 8.83. The minimum Gasteiger partial charge on any atom is -0.353 e. The Kier molecular flexibility index (Phi) is 2.42. The van der Waals surface area contributed by atoms with Gasteiger partial charge < -0.3 is 4.52 Å². The molecule has 4 rings (SSSR count). The van der Waals surface area contributed by atoms with Gasteiger partial charge in [0.25, 0.3) is 0 Å². The molecule has 1 aliphatic carbocycles. The van der Waals surface area contributed by atoms with Crippen LogP contribution in [0.1, 0.15) is 30.3 Å². The number of pyridine rings is 1. The highest BCUT2D eigenvalue weighted by molar-refractivity contribution is 5.51. The maximum atomic E-state index is 5.24. The van der Waals surface area contributed by atoms with Gasteiger partial charge in [0, 0.05) is 23.9 Å². The van der Waals surface area contributed by atoms with Crippen LogP contribution in [-0.4, -0.2) is 24.9 Å². The number of aromatic nitrogens is 5. The first-order valence-electron chi connectivity index (χ1n) is 6.62. The van der Waals surface area contributed by atoms with Crippen molar-refractivity contribution in [3.63, 3.8) is 0 Å². The molecule has 0 unspecified atom stereocenters. The fourth-order valence-electron chi connectivity index (χ4n) is 2.18. The van der Waals surface area contributed by atoms with E-state index in [4.69, 9.17) is 4.52 Å². The lowest BCUT2D eigenvalue weighted by Gasteiger charge is -2.03. The maximum absolute atomic E-state index is 5.24. The van der Waals surface area contributed by atoms with Gasteiger partial charge in [-0.3, -0.25) is 4.98 Å². The second-order valence-electron chi connectivity index (χ2n) is 5.01. The lowest BCUT2D eigenvalue weighted by molar-refractivity contribution is 0.428. The van der Waals surface area contributed by atoms with Gasteiger partial charge in [-0.05, 0) is 31.9 Å². The Bertz CT molecular complexity index is 743. The topological polar surface area (TPSA) is 69.6 Å². The Morgan fingerprint density at radius 3 is 2.85 bits per heavy atom. The van der Waals surface area contributed by atoms with Gasteiger partial charge in [0.2, 0.25) is 11.6 Å². The Balaban J connectivity index is 1.88. The summed E-state index contributed by atoms with van der Waals surface area (Å²) in [7, 11) is 0. The zero-order valence-corrected chi connectivity index (χ0v) is 11.0. The van der Waals surface area contributed by atoms with E-state index in [2.05, 4.69) is 20.2 Å². The molecule has 6 nitrogen and oxygen atoms in total. The molecular formula is C14H13N5O. The molecule has 100 valence electrons. The molecule has 0 amide bonds. The molecule has 1 saturated carbocycles. The van der Waals surface area contributed by atoms with Crippen LogP contribution in [0.3, 0.4) is 0 Å². The van der Waals surface area contributed by atoms with Crippen molar-refractivity contribution in [1.82, 2.24) is 24.9 Å². The van der Waals surface area contributed by atoms with Crippen LogP contribution in [0.4, 0.5) is 0 Å². The van der Waals surface area contributed by atoms with Crippen molar-refractivity contribution in [2.24, 2.45) is 0 Å². The monoisotopic (exact) mass is 267 g/mol. The van der Waals surface area contributed by atoms with E-state index in [9.17, 15) is 0 Å². The zero-order valence-electron chi connectivity index (χ0n) is 11.0. The molecule has 3 heterocycles. The molecule has 20 heavy (non-hydrogen) atoms. The minimum absolute atomic E-state index is 0.487. The Morgan fingerprint density at radius 1 is 1.25 bits per heavy atom. The molecular weight excluding hydrogens is 254 g/mol. The molecule has 0 aromatic carbocycles. The molecule has 0 N–H and O–H groups in total. The van der Waals surface area contributed by atoms with Crippen molar-refractivity contribution in [1.29, 1.82) is 0 Å². The van der Waals surface area contributed by atoms with Crippen LogP contribution in [-0.2, 0) is 0 Å². The summed E-state index contributed by atoms with van der Waals surface area (Å²) in [5.74, 6) is 2.68. The summed E-state index contributed by atoms with van der Waals surface area (Å²) in [6.45, 7) is 1.95. The van der Waals surface area contributed by atoms with Crippen LogP contribution in [0, 0.1) is 6.92 Å². The van der Waals surface area contributed by atoms with Crippen LogP contribution in [0.15, 0.2) is 35.1 Å². The first-order valence-corrected chi connectivity index (χ1v) is 6.62. The second-order valence-corrected chi connectivity index (χ2v) is 5.01. The highest BCUT2D eigenvalue weighted by Crippen LogP contribution is 2.39. The van der Waals surface area contributed by atoms with Gasteiger partial charge in [-0.1, -0.05) is 5.16 Å². The highest BCUT2D eigenvalue weighted by atomic mass is 16.5. The summed E-state index contributed by atoms with van der Waals surface area (Å²) in [5, 5.41) is 8.38. The Morgan fingerprint density at radius 2 is 2.15 bits per heavy atom. The van der Waals surface area contributed by atoms with Gasteiger partial charge >= 0.3 is 0 Å². The lowest BCUT2D eigenvalue weighted by Crippen LogP contribution is -2.00. The van der Waals surface area contributed by atoms with E-state index >= 15 is 0 Å². The first-order chi connectivity index (χ1) is 9.81. The second kappa shape index (κ2) is 4.26. The predicted molar refractivity (Wildman–Crippen MR) is 71.4 cm³/mol. The van der Waals surface area contributed by atoms with Crippen LogP contribution in [0.5, 0.6) is 0 Å². The van der Waals surface area contributed by atoms with Gasteiger partial charge in [-0.2, -0.15) is 5.10 Å². The number of aryl methyl sites for hydroxylation is 1. The largest absolute Gasteiger partial charge is 0.353 e. The van der Waals surface area contributed by atoms with E-state index in [1.807, 2.05) is 23.7 Å². The van der Waals surface area contributed by atoms with Gasteiger partial charge in [0.05, 0.1) is 11.9 Å². The van der Waals surface area contributed by atoms with Gasteiger partial charge in [-0.25, -0.2) is 9.67 Å². The molecule has 0 spiro atoms. The Labute approximate surface area is 115 Å². The SMILES string of the molecule is Cc1cc(-n2nc(C3CC3)nc2-c2ccno2)ccn1. The van der Waals surface area contributed by atoms with Gasteiger partial charge in [0.15, 0.2) is 5.82 Å².